The van der Waals surface area contributed by atoms with Crippen molar-refractivity contribution in [1.29, 1.82) is 0 Å². The fraction of sp³-hybridized carbons (Fsp3) is 0.412. The van der Waals surface area contributed by atoms with Crippen LogP contribution in [-0.4, -0.2) is 44.4 Å². The first-order valence-electron chi connectivity index (χ1n) is 9.22. The Morgan fingerprint density at radius 3 is 3.00 bits per heavy atom. The third-order valence-electron chi connectivity index (χ3n) is 4.62. The minimum Gasteiger partial charge on any atom is -0.403 e. The van der Waals surface area contributed by atoms with E-state index in [1.807, 2.05) is 0 Å². The minimum atomic E-state index is -4.31. The summed E-state index contributed by atoms with van der Waals surface area (Å²) in [4.78, 5) is 14.3. The van der Waals surface area contributed by atoms with Crippen LogP contribution in [0, 0.1) is 11.6 Å². The number of aromatic amines is 1. The molecule has 1 unspecified atom stereocenters. The molecule has 1 fully saturated rings. The average molecular weight is 461 g/mol. The zero-order chi connectivity index (χ0) is 22.6. The second-order valence-electron chi connectivity index (χ2n) is 6.74. The third-order valence-corrected chi connectivity index (χ3v) is 6.16. The topological polar surface area (TPSA) is 132 Å². The average Bonchev–Trinajstić information content (AvgIpc) is 2.88. The molecule has 3 heterocycles. The third kappa shape index (κ3) is 3.76. The summed E-state index contributed by atoms with van der Waals surface area (Å²) in [6.45, 7) is 0.366. The molecule has 30 heavy (non-hydrogen) atoms. The number of aryl methyl sites for hydroxylation is 1. The summed E-state index contributed by atoms with van der Waals surface area (Å²) in [5, 5.41) is 20.5. The van der Waals surface area contributed by atoms with Gasteiger partial charge in [0, 0.05) is 11.8 Å². The Labute approximate surface area is 175 Å². The van der Waals surface area contributed by atoms with Crippen molar-refractivity contribution in [2.75, 3.05) is 6.61 Å². The van der Waals surface area contributed by atoms with Crippen LogP contribution in [-0.2, 0) is 25.0 Å². The van der Waals surface area contributed by atoms with Gasteiger partial charge in [-0.15, -0.1) is 0 Å². The molecule has 10 nitrogen and oxygen atoms in total. The van der Waals surface area contributed by atoms with Crippen molar-refractivity contribution in [3.63, 3.8) is 0 Å². The lowest BCUT2D eigenvalue weighted by atomic mass is 10.1. The molecule has 1 aromatic carbocycles. The second-order valence-corrected chi connectivity index (χ2v) is 8.78. The number of phosphoric acid groups is 1. The van der Waals surface area contributed by atoms with Crippen LogP contribution >= 0.6 is 20.0 Å². The van der Waals surface area contributed by atoms with Gasteiger partial charge in [0.25, 0.3) is 5.85 Å². The lowest BCUT2D eigenvalue weighted by Crippen LogP contribution is -2.43. The van der Waals surface area contributed by atoms with Crippen molar-refractivity contribution < 1.29 is 38.8 Å². The molecule has 2 aromatic rings. The summed E-state index contributed by atoms with van der Waals surface area (Å²) in [6.07, 6.45) is -6.29. The summed E-state index contributed by atoms with van der Waals surface area (Å²) in [6, 6.07) is 6.37. The molecular formula is C17H18FN2O8PS. The number of benzene rings is 1. The van der Waals surface area contributed by atoms with E-state index >= 15 is 4.39 Å². The van der Waals surface area contributed by atoms with Gasteiger partial charge in [0.15, 0.2) is 6.20 Å². The first kappa shape index (κ1) is 20.0. The number of rotatable bonds is 4. The van der Waals surface area contributed by atoms with E-state index in [1.165, 1.54) is 6.07 Å². The fourth-order valence-corrected chi connectivity index (χ4v) is 4.48. The Balaban J connectivity index is 1.56. The largest absolute Gasteiger partial charge is 0.530 e. The number of aromatic nitrogens is 2. The van der Waals surface area contributed by atoms with E-state index in [2.05, 4.69) is 4.98 Å². The van der Waals surface area contributed by atoms with Crippen LogP contribution in [0.2, 0.25) is 0 Å². The molecule has 1 aromatic heterocycles. The maximum atomic E-state index is 15.4. The lowest BCUT2D eigenvalue weighted by molar-refractivity contribution is -0.205. The summed E-state index contributed by atoms with van der Waals surface area (Å²) in [5.41, 5.74) is 0.291. The number of para-hydroxylation sites is 1. The molecule has 0 radical (unpaired) electrons. The summed E-state index contributed by atoms with van der Waals surface area (Å²) in [5.74, 6) is -2.96. The van der Waals surface area contributed by atoms with E-state index in [-0.39, 0.29) is 17.0 Å². The second kappa shape index (κ2) is 7.65. The number of halogens is 1. The van der Waals surface area contributed by atoms with Gasteiger partial charge >= 0.3 is 13.5 Å². The van der Waals surface area contributed by atoms with Crippen LogP contribution in [0.15, 0.2) is 35.3 Å². The highest BCUT2D eigenvalue weighted by Crippen LogP contribution is 2.56. The molecule has 4 rings (SSSR count). The highest BCUT2D eigenvalue weighted by Gasteiger charge is 2.57. The predicted octanol–water partition coefficient (Wildman–Crippen LogP) is 1.86. The van der Waals surface area contributed by atoms with Crippen LogP contribution < -0.4 is 10.2 Å². The van der Waals surface area contributed by atoms with Crippen molar-refractivity contribution >= 4 is 20.0 Å². The van der Waals surface area contributed by atoms with Crippen molar-refractivity contribution in [1.82, 2.24) is 9.55 Å². The first-order chi connectivity index (χ1) is 14.5. The van der Waals surface area contributed by atoms with Gasteiger partial charge in [-0.05, 0) is 18.6 Å². The zero-order valence-electron chi connectivity index (χ0n) is 16.5. The Morgan fingerprint density at radius 1 is 1.50 bits per heavy atom. The van der Waals surface area contributed by atoms with Gasteiger partial charge in [-0.2, -0.15) is 0 Å². The number of hydrogen-bond donors (Lipinski definition) is 3. The van der Waals surface area contributed by atoms with E-state index in [1.54, 1.807) is 25.1 Å². The van der Waals surface area contributed by atoms with Crippen molar-refractivity contribution in [3.05, 3.63) is 56.7 Å². The van der Waals surface area contributed by atoms with E-state index < -0.39 is 44.4 Å². The molecule has 5 atom stereocenters. The summed E-state index contributed by atoms with van der Waals surface area (Å²) in [7, 11) is -4.31. The van der Waals surface area contributed by atoms with E-state index in [0.29, 0.717) is 15.7 Å². The van der Waals surface area contributed by atoms with Gasteiger partial charge in [0.05, 0.1) is 7.98 Å². The van der Waals surface area contributed by atoms with Crippen molar-refractivity contribution in [2.45, 2.75) is 37.8 Å². The first-order valence-corrected chi connectivity index (χ1v) is 10.6. The number of fused-ring (bicyclic) bond motifs is 1. The summed E-state index contributed by atoms with van der Waals surface area (Å²) >= 11 is 4.80. The van der Waals surface area contributed by atoms with Gasteiger partial charge in [-0.1, -0.05) is 30.4 Å². The van der Waals surface area contributed by atoms with E-state index in [0.717, 1.165) is 6.20 Å². The maximum absolute atomic E-state index is 15.4. The number of alkyl halides is 1. The molecule has 0 amide bonds. The van der Waals surface area contributed by atoms with E-state index in [4.69, 9.17) is 31.9 Å². The van der Waals surface area contributed by atoms with Crippen LogP contribution in [0.25, 0.3) is 0 Å². The lowest BCUT2D eigenvalue weighted by Gasteiger charge is -2.29. The van der Waals surface area contributed by atoms with Crippen LogP contribution in [0.3, 0.4) is 0 Å². The number of phosphoric ester groups is 1. The zero-order valence-corrected chi connectivity index (χ0v) is 17.2. The van der Waals surface area contributed by atoms with Gasteiger partial charge in [-0.3, -0.25) is 18.6 Å². The SMILES string of the molecule is [2H][C@@]1(n2ccc(=S)[nH]c2=O)O[C@](F)(COP2(=O)OCc3cccc(C)c3O2)[C@@H](O)[C@H]1O. The number of hydrogen-bond acceptors (Lipinski definition) is 9. The molecule has 0 saturated carbocycles. The Bertz CT molecular complexity index is 1190. The highest BCUT2D eigenvalue weighted by molar-refractivity contribution is 7.71. The number of aliphatic hydroxyl groups excluding tert-OH is 2. The normalized spacial score (nSPS) is 36.1. The fourth-order valence-electron chi connectivity index (χ4n) is 3.04. The Hall–Kier alpha value is -1.92. The van der Waals surface area contributed by atoms with Gasteiger partial charge in [0.2, 0.25) is 0 Å². The summed E-state index contributed by atoms with van der Waals surface area (Å²) < 4.78 is 57.4. The van der Waals surface area contributed by atoms with Crippen LogP contribution in [0.4, 0.5) is 4.39 Å². The smallest absolute Gasteiger partial charge is 0.403 e. The van der Waals surface area contributed by atoms with Crippen molar-refractivity contribution in [2.24, 2.45) is 0 Å². The Morgan fingerprint density at radius 2 is 2.27 bits per heavy atom. The number of H-pyrrole nitrogens is 1. The molecule has 0 aliphatic carbocycles. The monoisotopic (exact) mass is 461 g/mol. The molecule has 0 bridgehead atoms. The number of nitrogens with zero attached hydrogens (tertiary/aromatic N) is 1. The molecule has 3 N–H and O–H groups in total. The standard InChI is InChI=1S/C17H18FN2O8PS/c1-9-3-2-4-10-7-25-29(24,28-13(9)10)26-8-17(18)14(22)12(21)15(27-17)20-6-5-11(30)19-16(20)23/h2-6,12,14-15,21-22H,7-8H2,1H3,(H,19,23,30)/t12-,14+,15-,17-,29?/m1/s1/i15D. The number of aliphatic hydroxyl groups is 2. The van der Waals surface area contributed by atoms with Gasteiger partial charge in [0.1, 0.15) is 29.2 Å². The quantitative estimate of drug-likeness (QED) is 0.461. The number of nitrogens with one attached hydrogen (secondary N) is 1. The van der Waals surface area contributed by atoms with Gasteiger partial charge < -0.3 is 19.5 Å². The molecule has 13 heteroatoms. The molecule has 2 aliphatic heterocycles. The van der Waals surface area contributed by atoms with Gasteiger partial charge in [-0.25, -0.2) is 13.8 Å². The van der Waals surface area contributed by atoms with Crippen molar-refractivity contribution in [3.8, 4) is 5.75 Å². The highest BCUT2D eigenvalue weighted by atomic mass is 32.1. The molecule has 0 spiro atoms. The molecule has 2 aliphatic rings. The molecular weight excluding hydrogens is 442 g/mol. The predicted molar refractivity (Wildman–Crippen MR) is 102 cm³/mol. The Kier molecular flexibility index (Phi) is 5.10. The van der Waals surface area contributed by atoms with E-state index in [9.17, 15) is 19.6 Å². The minimum absolute atomic E-state index is 0.0352. The number of ether oxygens (including phenoxy) is 1. The molecule has 162 valence electrons. The van der Waals surface area contributed by atoms with Crippen LogP contribution in [0.1, 0.15) is 18.7 Å². The molecule has 1 saturated heterocycles. The van der Waals surface area contributed by atoms with Crippen LogP contribution in [0.5, 0.6) is 5.75 Å². The maximum Gasteiger partial charge on any atom is 0.530 e.